The van der Waals surface area contributed by atoms with E-state index in [4.69, 9.17) is 10.4 Å². The van der Waals surface area contributed by atoms with E-state index in [-0.39, 0.29) is 12.3 Å². The van der Waals surface area contributed by atoms with Crippen molar-refractivity contribution in [3.8, 4) is 6.07 Å². The Labute approximate surface area is 88.6 Å². The van der Waals surface area contributed by atoms with Crippen molar-refractivity contribution in [3.05, 3.63) is 0 Å². The first-order valence-electron chi connectivity index (χ1n) is 4.59. The van der Waals surface area contributed by atoms with E-state index in [1.807, 2.05) is 13.8 Å². The number of nitriles is 1. The van der Waals surface area contributed by atoms with Crippen molar-refractivity contribution in [3.63, 3.8) is 0 Å². The molecular weight excluding hydrogens is 198 g/mol. The predicted octanol–water partition coefficient (Wildman–Crippen LogP) is 1.19. The summed E-state index contributed by atoms with van der Waals surface area (Å²) in [4.78, 5) is 22.0. The van der Waals surface area contributed by atoms with Crippen molar-refractivity contribution in [2.75, 3.05) is 7.11 Å². The average Bonchev–Trinajstić information content (AvgIpc) is 2.13. The molecule has 1 N–H and O–H groups in total. The second-order valence-electron chi connectivity index (χ2n) is 3.85. The fraction of sp³-hybridized carbons (Fsp3) is 0.700. The maximum absolute atomic E-state index is 11.4. The van der Waals surface area contributed by atoms with E-state index in [1.165, 1.54) is 0 Å². The molecule has 0 aliphatic rings. The molecule has 0 amide bonds. The van der Waals surface area contributed by atoms with E-state index < -0.39 is 23.8 Å². The third kappa shape index (κ3) is 3.58. The van der Waals surface area contributed by atoms with Gasteiger partial charge < -0.3 is 9.84 Å². The third-order valence-electron chi connectivity index (χ3n) is 2.00. The molecule has 0 bridgehead atoms. The first kappa shape index (κ1) is 13.4. The van der Waals surface area contributed by atoms with Crippen LogP contribution in [0.3, 0.4) is 0 Å². The van der Waals surface area contributed by atoms with Gasteiger partial charge in [0.25, 0.3) is 0 Å². The summed E-state index contributed by atoms with van der Waals surface area (Å²) in [5, 5.41) is 17.6. The molecule has 0 aromatic heterocycles. The summed E-state index contributed by atoms with van der Waals surface area (Å²) in [6, 6.07) is 1.77. The summed E-state index contributed by atoms with van der Waals surface area (Å²) < 4.78 is 4.48. The Morgan fingerprint density at radius 2 is 2.07 bits per heavy atom. The van der Waals surface area contributed by atoms with Crippen LogP contribution >= 0.6 is 0 Å². The highest BCUT2D eigenvalue weighted by atomic mass is 16.5. The molecular formula is C10H15NO4. The fourth-order valence-electron chi connectivity index (χ4n) is 1.51. The quantitative estimate of drug-likeness (QED) is 0.693. The standard InChI is InChI=1S/C10H15NO4/c1-7(2)4-10(6-11,5-8(12)13)9(14)15-3/h7H,4-5H2,1-3H3,(H,12,13). The molecule has 0 heterocycles. The van der Waals surface area contributed by atoms with Gasteiger partial charge in [0.15, 0.2) is 5.41 Å². The number of methoxy groups -OCH3 is 1. The van der Waals surface area contributed by atoms with Crippen LogP contribution in [0.15, 0.2) is 0 Å². The molecule has 0 spiro atoms. The van der Waals surface area contributed by atoms with Gasteiger partial charge in [0.2, 0.25) is 0 Å². The number of hydrogen-bond acceptors (Lipinski definition) is 4. The summed E-state index contributed by atoms with van der Waals surface area (Å²) in [6.07, 6.45) is -0.336. The van der Waals surface area contributed by atoms with Crippen LogP contribution in [0.2, 0.25) is 0 Å². The Hall–Kier alpha value is -1.57. The molecule has 0 rings (SSSR count). The van der Waals surface area contributed by atoms with E-state index in [0.717, 1.165) is 7.11 Å². The van der Waals surface area contributed by atoms with Gasteiger partial charge in [0.05, 0.1) is 19.6 Å². The first-order chi connectivity index (χ1) is 6.88. The molecule has 0 saturated carbocycles. The number of carbonyl (C=O) groups excluding carboxylic acids is 1. The molecule has 5 nitrogen and oxygen atoms in total. The van der Waals surface area contributed by atoms with Crippen LogP contribution in [0.4, 0.5) is 0 Å². The second-order valence-corrected chi connectivity index (χ2v) is 3.85. The molecule has 0 aromatic carbocycles. The molecule has 15 heavy (non-hydrogen) atoms. The maximum atomic E-state index is 11.4. The largest absolute Gasteiger partial charge is 0.481 e. The number of ether oxygens (including phenoxy) is 1. The Balaban J connectivity index is 5.03. The van der Waals surface area contributed by atoms with Crippen molar-refractivity contribution in [2.45, 2.75) is 26.7 Å². The number of carbonyl (C=O) groups is 2. The highest BCUT2D eigenvalue weighted by Crippen LogP contribution is 2.31. The second kappa shape index (κ2) is 5.35. The van der Waals surface area contributed by atoms with E-state index in [0.29, 0.717) is 0 Å². The molecule has 5 heteroatoms. The van der Waals surface area contributed by atoms with Gasteiger partial charge in [-0.05, 0) is 12.3 Å². The molecule has 0 aliphatic carbocycles. The van der Waals surface area contributed by atoms with Crippen LogP contribution in [0.5, 0.6) is 0 Å². The molecule has 0 aliphatic heterocycles. The monoisotopic (exact) mass is 213 g/mol. The predicted molar refractivity (Wildman–Crippen MR) is 51.8 cm³/mol. The lowest BCUT2D eigenvalue weighted by molar-refractivity contribution is -0.155. The fourth-order valence-corrected chi connectivity index (χ4v) is 1.51. The highest BCUT2D eigenvalue weighted by Gasteiger charge is 2.42. The van der Waals surface area contributed by atoms with Crippen LogP contribution in [-0.4, -0.2) is 24.2 Å². The Morgan fingerprint density at radius 3 is 2.33 bits per heavy atom. The minimum absolute atomic E-state index is 0.0445. The SMILES string of the molecule is COC(=O)C(C#N)(CC(=O)O)CC(C)C. The van der Waals surface area contributed by atoms with E-state index >= 15 is 0 Å². The van der Waals surface area contributed by atoms with Crippen LogP contribution < -0.4 is 0 Å². The number of carboxylic acids is 1. The number of rotatable bonds is 5. The summed E-state index contributed by atoms with van der Waals surface area (Å²) >= 11 is 0. The normalized spacial score (nSPS) is 14.1. The lowest BCUT2D eigenvalue weighted by Crippen LogP contribution is -2.34. The number of hydrogen-bond donors (Lipinski definition) is 1. The minimum Gasteiger partial charge on any atom is -0.481 e. The lowest BCUT2D eigenvalue weighted by Gasteiger charge is -2.23. The van der Waals surface area contributed by atoms with Crippen LogP contribution in [-0.2, 0) is 14.3 Å². The lowest BCUT2D eigenvalue weighted by atomic mass is 9.78. The van der Waals surface area contributed by atoms with Crippen molar-refractivity contribution < 1.29 is 19.4 Å². The zero-order chi connectivity index (χ0) is 12.1. The zero-order valence-corrected chi connectivity index (χ0v) is 9.11. The van der Waals surface area contributed by atoms with Gasteiger partial charge in [0.1, 0.15) is 0 Å². The number of esters is 1. The van der Waals surface area contributed by atoms with Crippen LogP contribution in [0, 0.1) is 22.7 Å². The maximum Gasteiger partial charge on any atom is 0.326 e. The van der Waals surface area contributed by atoms with Gasteiger partial charge in [0, 0.05) is 0 Å². The average molecular weight is 213 g/mol. The van der Waals surface area contributed by atoms with Gasteiger partial charge in [-0.15, -0.1) is 0 Å². The summed E-state index contributed by atoms with van der Waals surface area (Å²) in [5.74, 6) is -1.91. The highest BCUT2D eigenvalue weighted by molar-refractivity contribution is 5.85. The third-order valence-corrected chi connectivity index (χ3v) is 2.00. The summed E-state index contributed by atoms with van der Waals surface area (Å²) in [6.45, 7) is 3.63. The number of aliphatic carboxylic acids is 1. The molecule has 84 valence electrons. The van der Waals surface area contributed by atoms with Crippen LogP contribution in [0.25, 0.3) is 0 Å². The molecule has 1 unspecified atom stereocenters. The van der Waals surface area contributed by atoms with Crippen molar-refractivity contribution in [2.24, 2.45) is 11.3 Å². The Morgan fingerprint density at radius 1 is 1.53 bits per heavy atom. The summed E-state index contributed by atoms with van der Waals surface area (Å²) in [7, 11) is 1.15. The van der Waals surface area contributed by atoms with E-state index in [1.54, 1.807) is 6.07 Å². The zero-order valence-electron chi connectivity index (χ0n) is 9.11. The van der Waals surface area contributed by atoms with Gasteiger partial charge >= 0.3 is 11.9 Å². The number of nitrogens with zero attached hydrogens (tertiary/aromatic N) is 1. The van der Waals surface area contributed by atoms with E-state index in [9.17, 15) is 9.59 Å². The topological polar surface area (TPSA) is 87.4 Å². The van der Waals surface area contributed by atoms with Gasteiger partial charge in [-0.3, -0.25) is 9.59 Å². The van der Waals surface area contributed by atoms with Crippen molar-refractivity contribution in [1.29, 1.82) is 5.26 Å². The first-order valence-corrected chi connectivity index (χ1v) is 4.59. The summed E-state index contributed by atoms with van der Waals surface area (Å²) in [5.41, 5.74) is -1.56. The van der Waals surface area contributed by atoms with Gasteiger partial charge in [-0.2, -0.15) is 5.26 Å². The van der Waals surface area contributed by atoms with Crippen LogP contribution in [0.1, 0.15) is 26.7 Å². The van der Waals surface area contributed by atoms with Gasteiger partial charge in [-0.1, -0.05) is 13.8 Å². The van der Waals surface area contributed by atoms with Crippen molar-refractivity contribution >= 4 is 11.9 Å². The Bertz CT molecular complexity index is 292. The smallest absolute Gasteiger partial charge is 0.326 e. The molecule has 0 fully saturated rings. The van der Waals surface area contributed by atoms with E-state index in [2.05, 4.69) is 4.74 Å². The molecule has 0 aromatic rings. The molecule has 0 saturated heterocycles. The molecule has 1 atom stereocenters. The van der Waals surface area contributed by atoms with Crippen molar-refractivity contribution in [1.82, 2.24) is 0 Å². The number of carboxylic acid groups (broad SMARTS) is 1. The minimum atomic E-state index is -1.56. The Kier molecular flexibility index (Phi) is 4.79. The molecule has 0 radical (unpaired) electrons. The van der Waals surface area contributed by atoms with Gasteiger partial charge in [-0.25, -0.2) is 0 Å².